The Bertz CT molecular complexity index is 2000. The molecule has 0 fully saturated rings. The van der Waals surface area contributed by atoms with Gasteiger partial charge in [-0.1, -0.05) is 137 Å². The first-order valence-corrected chi connectivity index (χ1v) is 14.8. The van der Waals surface area contributed by atoms with E-state index >= 15 is 0 Å². The maximum absolute atomic E-state index is 3.81. The van der Waals surface area contributed by atoms with E-state index in [4.69, 9.17) is 0 Å². The minimum absolute atomic E-state index is 0.456. The topological polar surface area (TPSA) is 4.93 Å². The number of benzene rings is 6. The highest BCUT2D eigenvalue weighted by Gasteiger charge is 2.46. The molecule has 1 heterocycles. The number of para-hydroxylation sites is 1. The van der Waals surface area contributed by atoms with Crippen LogP contribution in [-0.4, -0.2) is 4.57 Å². The molecule has 1 aromatic heterocycles. The Labute approximate surface area is 248 Å². The predicted octanol–water partition coefficient (Wildman–Crippen LogP) is 10.4. The summed E-state index contributed by atoms with van der Waals surface area (Å²) in [5.41, 5.74) is 12.0. The summed E-state index contributed by atoms with van der Waals surface area (Å²) in [5.74, 6) is 0. The Morgan fingerprint density at radius 1 is 0.488 bits per heavy atom. The van der Waals surface area contributed by atoms with Crippen LogP contribution in [0.3, 0.4) is 0 Å². The lowest BCUT2D eigenvalue weighted by Gasteiger charge is -2.34. The van der Waals surface area contributed by atoms with E-state index in [1.807, 2.05) is 0 Å². The Kier molecular flexibility index (Phi) is 5.58. The van der Waals surface area contributed by atoms with Crippen LogP contribution in [0.4, 0.5) is 0 Å². The number of hydrogen-bond donors (Lipinski definition) is 0. The van der Waals surface area contributed by atoms with Gasteiger partial charge in [0.2, 0.25) is 0 Å². The van der Waals surface area contributed by atoms with Gasteiger partial charge in [-0.15, -0.1) is 0 Å². The van der Waals surface area contributed by atoms with Crippen molar-refractivity contribution in [3.63, 3.8) is 0 Å². The van der Waals surface area contributed by atoms with Crippen molar-refractivity contribution in [2.24, 2.45) is 0 Å². The van der Waals surface area contributed by atoms with Gasteiger partial charge in [-0.05, 0) is 75.3 Å². The zero-order valence-corrected chi connectivity index (χ0v) is 23.9. The molecule has 0 amide bonds. The number of rotatable bonds is 4. The molecule has 0 saturated carbocycles. The van der Waals surface area contributed by atoms with Crippen molar-refractivity contribution in [1.82, 2.24) is 4.57 Å². The summed E-state index contributed by atoms with van der Waals surface area (Å²) in [6.45, 7) is 0. The van der Waals surface area contributed by atoms with Gasteiger partial charge >= 0.3 is 0 Å². The molecule has 41 heavy (non-hydrogen) atoms. The monoisotopic (exact) mass is 587 g/mol. The first-order valence-electron chi connectivity index (χ1n) is 14.0. The van der Waals surface area contributed by atoms with Gasteiger partial charge in [0.1, 0.15) is 0 Å². The number of hydrogen-bond acceptors (Lipinski definition) is 0. The molecule has 1 aliphatic rings. The van der Waals surface area contributed by atoms with Crippen LogP contribution in [0.25, 0.3) is 39.0 Å². The lowest BCUT2D eigenvalue weighted by atomic mass is 9.67. The van der Waals surface area contributed by atoms with Crippen LogP contribution in [-0.2, 0) is 5.41 Å². The van der Waals surface area contributed by atoms with Crippen LogP contribution >= 0.6 is 15.9 Å². The summed E-state index contributed by atoms with van der Waals surface area (Å²) < 4.78 is 3.51. The normalized spacial score (nSPS) is 13.2. The zero-order chi connectivity index (χ0) is 27.4. The van der Waals surface area contributed by atoms with Crippen LogP contribution < -0.4 is 0 Å². The fourth-order valence-electron chi connectivity index (χ4n) is 6.84. The lowest BCUT2D eigenvalue weighted by Crippen LogP contribution is -2.28. The highest BCUT2D eigenvalue weighted by molar-refractivity contribution is 9.10. The summed E-state index contributed by atoms with van der Waals surface area (Å²) in [6.07, 6.45) is 0. The molecule has 0 saturated heterocycles. The minimum Gasteiger partial charge on any atom is -0.309 e. The number of aromatic nitrogens is 1. The Balaban J connectivity index is 1.48. The van der Waals surface area contributed by atoms with Gasteiger partial charge in [0.05, 0.1) is 16.6 Å². The molecule has 0 spiro atoms. The average molecular weight is 589 g/mol. The highest BCUT2D eigenvalue weighted by Crippen LogP contribution is 2.57. The molecule has 2 heteroatoms. The van der Waals surface area contributed by atoms with Crippen molar-refractivity contribution in [2.75, 3.05) is 0 Å². The largest absolute Gasteiger partial charge is 0.309 e. The quantitative estimate of drug-likeness (QED) is 0.193. The first-order chi connectivity index (χ1) is 20.2. The second-order valence-corrected chi connectivity index (χ2v) is 11.6. The van der Waals surface area contributed by atoms with E-state index in [1.54, 1.807) is 0 Å². The minimum atomic E-state index is -0.456. The van der Waals surface area contributed by atoms with Crippen LogP contribution in [0.2, 0.25) is 0 Å². The van der Waals surface area contributed by atoms with E-state index in [9.17, 15) is 0 Å². The van der Waals surface area contributed by atoms with Crippen molar-refractivity contribution >= 4 is 26.8 Å². The summed E-state index contributed by atoms with van der Waals surface area (Å²) in [6, 6.07) is 57.5. The molecule has 0 bridgehead atoms. The first kappa shape index (κ1) is 24.2. The van der Waals surface area contributed by atoms with Crippen LogP contribution in [0.5, 0.6) is 0 Å². The second-order valence-electron chi connectivity index (χ2n) is 10.7. The van der Waals surface area contributed by atoms with Crippen molar-refractivity contribution < 1.29 is 0 Å². The average Bonchev–Trinajstić information content (AvgIpc) is 3.56. The third kappa shape index (κ3) is 3.61. The Morgan fingerprint density at radius 2 is 1.05 bits per heavy atom. The molecule has 1 aliphatic carbocycles. The third-order valence-electron chi connectivity index (χ3n) is 8.54. The van der Waals surface area contributed by atoms with Crippen LogP contribution in [0.1, 0.15) is 22.3 Å². The van der Waals surface area contributed by atoms with E-state index < -0.39 is 5.41 Å². The lowest BCUT2D eigenvalue weighted by molar-refractivity contribution is 0.767. The second kappa shape index (κ2) is 9.47. The molecule has 194 valence electrons. The maximum Gasteiger partial charge on any atom is 0.0714 e. The van der Waals surface area contributed by atoms with Gasteiger partial charge < -0.3 is 4.57 Å². The summed E-state index contributed by atoms with van der Waals surface area (Å²) in [5, 5.41) is 1.23. The number of nitrogens with zero attached hydrogens (tertiary/aromatic N) is 1. The summed E-state index contributed by atoms with van der Waals surface area (Å²) in [7, 11) is 0. The van der Waals surface area contributed by atoms with E-state index in [2.05, 4.69) is 178 Å². The molecule has 0 aliphatic heterocycles. The molecule has 6 aromatic carbocycles. The maximum atomic E-state index is 3.81. The standard InChI is InChI=1S/C39H26BrN/c40-31-20-22-33-34-23-21-32(41-37-19-11-10-14-28(37)24-38(41)27-12-4-1-5-13-27)26-36(34)39(35(33)25-31,29-15-6-2-7-16-29)30-17-8-3-9-18-30/h1-26H. The van der Waals surface area contributed by atoms with Crippen molar-refractivity contribution in [3.05, 3.63) is 184 Å². The number of halogens is 1. The van der Waals surface area contributed by atoms with Gasteiger partial charge in [0, 0.05) is 15.5 Å². The van der Waals surface area contributed by atoms with E-state index in [1.165, 1.54) is 55.5 Å². The summed E-state index contributed by atoms with van der Waals surface area (Å²) >= 11 is 3.81. The molecule has 7 aromatic rings. The third-order valence-corrected chi connectivity index (χ3v) is 9.03. The zero-order valence-electron chi connectivity index (χ0n) is 22.3. The molecular formula is C39H26BrN. The van der Waals surface area contributed by atoms with Crippen molar-refractivity contribution in [2.45, 2.75) is 5.41 Å². The molecule has 8 rings (SSSR count). The van der Waals surface area contributed by atoms with Gasteiger partial charge in [-0.2, -0.15) is 0 Å². The van der Waals surface area contributed by atoms with Gasteiger partial charge in [0.15, 0.2) is 0 Å². The van der Waals surface area contributed by atoms with Crippen molar-refractivity contribution in [1.29, 1.82) is 0 Å². The van der Waals surface area contributed by atoms with Crippen LogP contribution in [0, 0.1) is 0 Å². The predicted molar refractivity (Wildman–Crippen MR) is 174 cm³/mol. The van der Waals surface area contributed by atoms with Gasteiger partial charge in [0.25, 0.3) is 0 Å². The highest BCUT2D eigenvalue weighted by atomic mass is 79.9. The molecule has 0 unspecified atom stereocenters. The molecular weight excluding hydrogens is 562 g/mol. The Morgan fingerprint density at radius 3 is 1.73 bits per heavy atom. The van der Waals surface area contributed by atoms with Gasteiger partial charge in [-0.3, -0.25) is 0 Å². The molecule has 0 radical (unpaired) electrons. The summed E-state index contributed by atoms with van der Waals surface area (Å²) in [4.78, 5) is 0. The van der Waals surface area contributed by atoms with Gasteiger partial charge in [-0.25, -0.2) is 0 Å². The van der Waals surface area contributed by atoms with Crippen molar-refractivity contribution in [3.8, 4) is 28.1 Å². The van der Waals surface area contributed by atoms with E-state index in [-0.39, 0.29) is 0 Å². The number of fused-ring (bicyclic) bond motifs is 4. The fourth-order valence-corrected chi connectivity index (χ4v) is 7.20. The van der Waals surface area contributed by atoms with E-state index in [0.29, 0.717) is 0 Å². The van der Waals surface area contributed by atoms with E-state index in [0.717, 1.165) is 10.2 Å². The molecule has 0 N–H and O–H groups in total. The fraction of sp³-hybridized carbons (Fsp3) is 0.0256. The smallest absolute Gasteiger partial charge is 0.0714 e. The molecule has 1 nitrogen and oxygen atoms in total. The van der Waals surface area contributed by atoms with Crippen LogP contribution in [0.15, 0.2) is 162 Å². The Hall–Kier alpha value is -4.66. The molecule has 0 atom stereocenters. The SMILES string of the molecule is Brc1ccc2c(c1)C(c1ccccc1)(c1ccccc1)c1cc(-n3c(-c4ccccc4)cc4ccccc43)ccc1-2.